The zero-order valence-corrected chi connectivity index (χ0v) is 18.2. The first-order valence-corrected chi connectivity index (χ1v) is 10.1. The molecule has 1 N–H and O–H groups in total. The summed E-state index contributed by atoms with van der Waals surface area (Å²) in [5.74, 6) is -1.38. The van der Waals surface area contributed by atoms with Crippen LogP contribution in [0.4, 0.5) is 5.69 Å². The third kappa shape index (κ3) is 4.88. The van der Waals surface area contributed by atoms with Crippen LogP contribution in [0.2, 0.25) is 0 Å². The Hall–Kier alpha value is -3.74. The van der Waals surface area contributed by atoms with Crippen LogP contribution in [-0.4, -0.2) is 38.8 Å². The predicted molar refractivity (Wildman–Crippen MR) is 119 cm³/mol. The number of ketones is 1. The van der Waals surface area contributed by atoms with Gasteiger partial charge in [-0.25, -0.2) is 4.68 Å². The lowest BCUT2D eigenvalue weighted by Crippen LogP contribution is -2.28. The maximum atomic E-state index is 12.9. The van der Waals surface area contributed by atoms with Crippen molar-refractivity contribution >= 4 is 23.3 Å². The minimum absolute atomic E-state index is 0.0199. The van der Waals surface area contributed by atoms with Crippen LogP contribution in [0.1, 0.15) is 41.2 Å². The molecule has 7 nitrogen and oxygen atoms in total. The van der Waals surface area contributed by atoms with E-state index in [1.54, 1.807) is 41.6 Å². The Morgan fingerprint density at radius 1 is 1.03 bits per heavy atom. The minimum Gasteiger partial charge on any atom is -0.339 e. The van der Waals surface area contributed by atoms with Gasteiger partial charge in [-0.1, -0.05) is 30.3 Å². The number of aryl methyl sites for hydroxylation is 1. The van der Waals surface area contributed by atoms with Gasteiger partial charge in [0.1, 0.15) is 0 Å². The van der Waals surface area contributed by atoms with Crippen molar-refractivity contribution in [1.82, 2.24) is 14.7 Å². The molecular formula is C24H26N4O3. The van der Waals surface area contributed by atoms with Crippen molar-refractivity contribution in [3.63, 3.8) is 0 Å². The summed E-state index contributed by atoms with van der Waals surface area (Å²) in [4.78, 5) is 39.0. The average molecular weight is 418 g/mol. The van der Waals surface area contributed by atoms with E-state index in [9.17, 15) is 14.4 Å². The van der Waals surface area contributed by atoms with Crippen LogP contribution in [0.5, 0.6) is 0 Å². The topological polar surface area (TPSA) is 84.3 Å². The number of nitrogens with one attached hydrogen (secondary N) is 1. The molecular weight excluding hydrogens is 392 g/mol. The fourth-order valence-electron chi connectivity index (χ4n) is 3.51. The SMILES string of the molecule is CCN(Cc1cccc(NC(=O)C(=O)c2c(C)nn(-c3ccccc3)c2C)c1)C(C)=O. The molecule has 0 aliphatic heterocycles. The molecule has 160 valence electrons. The smallest absolute Gasteiger partial charge is 0.296 e. The summed E-state index contributed by atoms with van der Waals surface area (Å²) >= 11 is 0. The standard InChI is InChI=1S/C24H26N4O3/c1-5-27(18(4)29)15-19-10-9-11-20(14-19)25-24(31)23(30)22-16(2)26-28(17(22)3)21-12-7-6-8-13-21/h6-14H,5,15H2,1-4H3,(H,25,31). The van der Waals surface area contributed by atoms with Gasteiger partial charge in [0.05, 0.1) is 22.6 Å². The van der Waals surface area contributed by atoms with E-state index < -0.39 is 11.7 Å². The second kappa shape index (κ2) is 9.38. The number of benzene rings is 2. The quantitative estimate of drug-likeness (QED) is 0.469. The highest BCUT2D eigenvalue weighted by Gasteiger charge is 2.25. The third-order valence-corrected chi connectivity index (χ3v) is 5.11. The number of rotatable bonds is 7. The molecule has 2 aromatic carbocycles. The molecule has 0 atom stereocenters. The van der Waals surface area contributed by atoms with Gasteiger partial charge in [0, 0.05) is 25.7 Å². The number of Topliss-reactive ketones (excluding diaryl/α,β-unsaturated/α-hetero) is 1. The van der Waals surface area contributed by atoms with E-state index in [2.05, 4.69) is 10.4 Å². The molecule has 0 aliphatic carbocycles. The predicted octanol–water partition coefficient (Wildman–Crippen LogP) is 3.68. The molecule has 0 fully saturated rings. The van der Waals surface area contributed by atoms with E-state index in [-0.39, 0.29) is 5.91 Å². The summed E-state index contributed by atoms with van der Waals surface area (Å²) in [7, 11) is 0. The van der Waals surface area contributed by atoms with E-state index in [1.165, 1.54) is 6.92 Å². The van der Waals surface area contributed by atoms with Gasteiger partial charge in [-0.2, -0.15) is 5.10 Å². The summed E-state index contributed by atoms with van der Waals surface area (Å²) in [6, 6.07) is 16.6. The average Bonchev–Trinajstić information content (AvgIpc) is 3.06. The Bertz CT molecular complexity index is 1120. The van der Waals surface area contributed by atoms with E-state index in [0.717, 1.165) is 11.3 Å². The molecule has 0 unspecified atom stereocenters. The van der Waals surface area contributed by atoms with Crippen molar-refractivity contribution < 1.29 is 14.4 Å². The first-order valence-electron chi connectivity index (χ1n) is 10.1. The van der Waals surface area contributed by atoms with Gasteiger partial charge in [-0.15, -0.1) is 0 Å². The van der Waals surface area contributed by atoms with Crippen LogP contribution < -0.4 is 5.32 Å². The maximum Gasteiger partial charge on any atom is 0.296 e. The van der Waals surface area contributed by atoms with Crippen molar-refractivity contribution in [3.05, 3.63) is 77.1 Å². The van der Waals surface area contributed by atoms with Crippen LogP contribution in [0.15, 0.2) is 54.6 Å². The highest BCUT2D eigenvalue weighted by molar-refractivity contribution is 6.47. The zero-order chi connectivity index (χ0) is 22.5. The minimum atomic E-state index is -0.727. The second-order valence-corrected chi connectivity index (χ2v) is 7.31. The van der Waals surface area contributed by atoms with Crippen LogP contribution >= 0.6 is 0 Å². The molecule has 0 radical (unpaired) electrons. The Labute approximate surface area is 181 Å². The number of nitrogens with zero attached hydrogens (tertiary/aromatic N) is 3. The molecule has 3 aromatic rings. The van der Waals surface area contributed by atoms with E-state index in [0.29, 0.717) is 35.7 Å². The van der Waals surface area contributed by atoms with Gasteiger partial charge in [-0.05, 0) is 50.6 Å². The van der Waals surface area contributed by atoms with Crippen molar-refractivity contribution in [1.29, 1.82) is 0 Å². The van der Waals surface area contributed by atoms with Crippen molar-refractivity contribution in [2.24, 2.45) is 0 Å². The molecule has 7 heteroatoms. The van der Waals surface area contributed by atoms with Crippen LogP contribution in [0.25, 0.3) is 5.69 Å². The van der Waals surface area contributed by atoms with Gasteiger partial charge in [-0.3, -0.25) is 14.4 Å². The number of carbonyl (C=O) groups is 3. The van der Waals surface area contributed by atoms with Crippen LogP contribution in [0.3, 0.4) is 0 Å². The fraction of sp³-hybridized carbons (Fsp3) is 0.250. The Kier molecular flexibility index (Phi) is 6.65. The molecule has 0 spiro atoms. The number of para-hydroxylation sites is 1. The highest BCUT2D eigenvalue weighted by atomic mass is 16.2. The van der Waals surface area contributed by atoms with Gasteiger partial charge >= 0.3 is 0 Å². The number of amides is 2. The number of carbonyl (C=O) groups excluding carboxylic acids is 3. The molecule has 3 rings (SSSR count). The summed E-state index contributed by atoms with van der Waals surface area (Å²) in [5.41, 5.74) is 3.59. The van der Waals surface area contributed by atoms with Crippen molar-refractivity contribution in [3.8, 4) is 5.69 Å². The lowest BCUT2D eigenvalue weighted by atomic mass is 10.1. The third-order valence-electron chi connectivity index (χ3n) is 5.11. The first-order chi connectivity index (χ1) is 14.8. The van der Waals surface area contributed by atoms with Gasteiger partial charge in [0.15, 0.2) is 0 Å². The Morgan fingerprint density at radius 2 is 1.74 bits per heavy atom. The van der Waals surface area contributed by atoms with Gasteiger partial charge in [0.2, 0.25) is 5.91 Å². The number of aromatic nitrogens is 2. The van der Waals surface area contributed by atoms with E-state index in [4.69, 9.17) is 0 Å². The lowest BCUT2D eigenvalue weighted by molar-refractivity contribution is -0.129. The molecule has 0 saturated heterocycles. The Morgan fingerprint density at radius 3 is 2.39 bits per heavy atom. The molecule has 31 heavy (non-hydrogen) atoms. The molecule has 0 saturated carbocycles. The van der Waals surface area contributed by atoms with Crippen molar-refractivity contribution in [2.45, 2.75) is 34.2 Å². The fourth-order valence-corrected chi connectivity index (χ4v) is 3.51. The molecule has 0 bridgehead atoms. The number of anilines is 1. The van der Waals surface area contributed by atoms with E-state index >= 15 is 0 Å². The molecule has 1 heterocycles. The number of hydrogen-bond acceptors (Lipinski definition) is 4. The number of hydrogen-bond donors (Lipinski definition) is 1. The Balaban J connectivity index is 1.79. The first kappa shape index (κ1) is 22.0. The van der Waals surface area contributed by atoms with Crippen LogP contribution in [0, 0.1) is 13.8 Å². The molecule has 2 amide bonds. The molecule has 1 aromatic heterocycles. The lowest BCUT2D eigenvalue weighted by Gasteiger charge is -2.19. The van der Waals surface area contributed by atoms with Crippen molar-refractivity contribution in [2.75, 3.05) is 11.9 Å². The largest absolute Gasteiger partial charge is 0.339 e. The van der Waals surface area contributed by atoms with E-state index in [1.807, 2.05) is 43.3 Å². The normalized spacial score (nSPS) is 10.6. The molecule has 0 aliphatic rings. The van der Waals surface area contributed by atoms with Gasteiger partial charge < -0.3 is 10.2 Å². The highest BCUT2D eigenvalue weighted by Crippen LogP contribution is 2.20. The summed E-state index contributed by atoms with van der Waals surface area (Å²) in [6.45, 7) is 7.95. The van der Waals surface area contributed by atoms with Gasteiger partial charge in [0.25, 0.3) is 11.7 Å². The monoisotopic (exact) mass is 418 g/mol. The van der Waals surface area contributed by atoms with Crippen LogP contribution in [-0.2, 0) is 16.1 Å². The summed E-state index contributed by atoms with van der Waals surface area (Å²) in [6.07, 6.45) is 0. The maximum absolute atomic E-state index is 12.9. The summed E-state index contributed by atoms with van der Waals surface area (Å²) in [5, 5.41) is 7.12. The zero-order valence-electron chi connectivity index (χ0n) is 18.2. The second-order valence-electron chi connectivity index (χ2n) is 7.31. The summed E-state index contributed by atoms with van der Waals surface area (Å²) < 4.78 is 1.66.